The summed E-state index contributed by atoms with van der Waals surface area (Å²) in [5.41, 5.74) is 4.57. The average Bonchev–Trinajstić information content (AvgIpc) is 1.38. The van der Waals surface area contributed by atoms with Crippen LogP contribution in [0.15, 0.2) is 12.0 Å². The Hall–Kier alpha value is -0.530. The van der Waals surface area contributed by atoms with Crippen molar-refractivity contribution in [3.63, 3.8) is 0 Å². The normalized spacial score (nSPS) is 12.0. The Morgan fingerprint density at radius 1 is 2.00 bits per heavy atom. The van der Waals surface area contributed by atoms with Gasteiger partial charge < -0.3 is 5.73 Å². The van der Waals surface area contributed by atoms with E-state index in [0.717, 1.165) is 6.20 Å². The van der Waals surface area contributed by atoms with Crippen molar-refractivity contribution in [3.8, 4) is 0 Å². The zero-order valence-corrected chi connectivity index (χ0v) is 2.74. The lowest BCUT2D eigenvalue weighted by atomic mass is 10.7. The maximum absolute atomic E-state index is 11.1. The molecule has 0 saturated heterocycles. The quantitative estimate of drug-likeness (QED) is 0.447. The van der Waals surface area contributed by atoms with Crippen molar-refractivity contribution in [2.45, 2.75) is 0 Å². The number of rotatable bonds is 0. The second kappa shape index (κ2) is 1.76. The van der Waals surface area contributed by atoms with E-state index in [1.54, 1.807) is 0 Å². The van der Waals surface area contributed by atoms with Crippen LogP contribution in [0.4, 0.5) is 4.39 Å². The van der Waals surface area contributed by atoms with Gasteiger partial charge in [0.15, 0.2) is 0 Å². The molecule has 0 atom stereocenters. The monoisotopic (exact) mass is 74.0 g/mol. The molecule has 0 amide bonds. The van der Waals surface area contributed by atoms with Gasteiger partial charge in [0.1, 0.15) is 5.83 Å². The van der Waals surface area contributed by atoms with E-state index in [0.29, 0.717) is 0 Å². The van der Waals surface area contributed by atoms with Crippen LogP contribution in [0.1, 0.15) is 0 Å². The Bertz CT molecular complexity index is 44.9. The van der Waals surface area contributed by atoms with Crippen LogP contribution in [-0.2, 0) is 0 Å². The lowest BCUT2D eigenvalue weighted by Crippen LogP contribution is -1.75. The largest absolute Gasteiger partial charge is 0.403 e. The molecule has 0 aliphatic rings. The van der Waals surface area contributed by atoms with Crippen molar-refractivity contribution in [3.05, 3.63) is 19.0 Å². The Kier molecular flexibility index (Phi) is 1.57. The van der Waals surface area contributed by atoms with E-state index in [1.807, 2.05) is 0 Å². The first-order chi connectivity index (χ1) is 2.27. The van der Waals surface area contributed by atoms with Crippen LogP contribution in [0.3, 0.4) is 0 Å². The van der Waals surface area contributed by atoms with E-state index in [4.69, 9.17) is 0 Å². The number of halogens is 1. The summed E-state index contributed by atoms with van der Waals surface area (Å²) in [6.07, 6.45) is 0.806. The summed E-state index contributed by atoms with van der Waals surface area (Å²) in [4.78, 5) is 0. The highest BCUT2D eigenvalue weighted by Crippen LogP contribution is 1.82. The van der Waals surface area contributed by atoms with Crippen molar-refractivity contribution < 1.29 is 4.39 Å². The van der Waals surface area contributed by atoms with Crippen LogP contribution < -0.4 is 5.73 Å². The summed E-state index contributed by atoms with van der Waals surface area (Å²) >= 11 is 0. The Labute approximate surface area is 30.3 Å². The average molecular weight is 74.1 g/mol. The molecule has 0 bridgehead atoms. The minimum absolute atomic E-state index is 0.593. The van der Waals surface area contributed by atoms with Gasteiger partial charge in [-0.3, -0.25) is 0 Å². The Morgan fingerprint density at radius 3 is 2.20 bits per heavy atom. The summed E-state index contributed by atoms with van der Waals surface area (Å²) in [6, 6.07) is 0. The molecule has 0 rings (SSSR count). The number of nitrogens with two attached hydrogens (primary N) is 1. The Morgan fingerprint density at radius 2 is 2.20 bits per heavy atom. The van der Waals surface area contributed by atoms with Crippen molar-refractivity contribution in [1.82, 2.24) is 0 Å². The molecule has 0 aromatic heterocycles. The molecule has 0 heterocycles. The standard InChI is InChI=1S/C3H5FN/c1-3(4)2-5/h2H,1,5H2. The number of hydrogen-bond acceptors (Lipinski definition) is 1. The molecule has 0 aromatic carbocycles. The van der Waals surface area contributed by atoms with Gasteiger partial charge in [-0.25, -0.2) is 4.39 Å². The van der Waals surface area contributed by atoms with Gasteiger partial charge in [-0.1, -0.05) is 0 Å². The minimum atomic E-state index is -0.593. The van der Waals surface area contributed by atoms with Gasteiger partial charge in [-0.05, 0) is 0 Å². The molecule has 1 radical (unpaired) electrons. The zero-order valence-electron chi connectivity index (χ0n) is 2.74. The van der Waals surface area contributed by atoms with Gasteiger partial charge >= 0.3 is 0 Å². The predicted molar refractivity (Wildman–Crippen MR) is 18.7 cm³/mol. The third-order valence-electron chi connectivity index (χ3n) is 0.181. The second-order valence-corrected chi connectivity index (χ2v) is 0.614. The van der Waals surface area contributed by atoms with Gasteiger partial charge in [-0.2, -0.15) is 0 Å². The molecule has 0 aliphatic carbocycles. The summed E-state index contributed by atoms with van der Waals surface area (Å²) in [7, 11) is 0. The SMILES string of the molecule is [CH2]C(F)=CN. The topological polar surface area (TPSA) is 26.0 Å². The first-order valence-electron chi connectivity index (χ1n) is 1.16. The maximum atomic E-state index is 11.1. The molecule has 2 N–H and O–H groups in total. The molecule has 5 heavy (non-hydrogen) atoms. The van der Waals surface area contributed by atoms with Crippen molar-refractivity contribution in [2.75, 3.05) is 0 Å². The van der Waals surface area contributed by atoms with Gasteiger partial charge in [0.2, 0.25) is 0 Å². The van der Waals surface area contributed by atoms with E-state index in [1.165, 1.54) is 0 Å². The summed E-state index contributed by atoms with van der Waals surface area (Å²) < 4.78 is 11.1. The van der Waals surface area contributed by atoms with Crippen LogP contribution in [0, 0.1) is 6.92 Å². The van der Waals surface area contributed by atoms with Gasteiger partial charge in [0.05, 0.1) is 0 Å². The van der Waals surface area contributed by atoms with Crippen LogP contribution in [0.5, 0.6) is 0 Å². The predicted octanol–water partition coefficient (Wildman–Crippen LogP) is 0.590. The summed E-state index contributed by atoms with van der Waals surface area (Å²) in [5, 5.41) is 0. The van der Waals surface area contributed by atoms with Crippen LogP contribution in [0.25, 0.3) is 0 Å². The van der Waals surface area contributed by atoms with E-state index in [-0.39, 0.29) is 0 Å². The van der Waals surface area contributed by atoms with Gasteiger partial charge in [-0.15, -0.1) is 0 Å². The van der Waals surface area contributed by atoms with E-state index in [2.05, 4.69) is 12.7 Å². The molecule has 2 heteroatoms. The molecule has 0 fully saturated rings. The maximum Gasteiger partial charge on any atom is 0.116 e. The Balaban J connectivity index is 3.14. The zero-order chi connectivity index (χ0) is 4.28. The highest BCUT2D eigenvalue weighted by Gasteiger charge is 1.68. The first-order valence-corrected chi connectivity index (χ1v) is 1.16. The molecular formula is C3H5FN. The summed E-state index contributed by atoms with van der Waals surface area (Å²) in [5.74, 6) is -0.593. The number of allylic oxidation sites excluding steroid dienone is 1. The van der Waals surface area contributed by atoms with E-state index < -0.39 is 5.83 Å². The molecule has 0 aromatic rings. The van der Waals surface area contributed by atoms with E-state index >= 15 is 0 Å². The highest BCUT2D eigenvalue weighted by atomic mass is 19.1. The number of hydrogen-bond donors (Lipinski definition) is 1. The molecule has 1 nitrogen and oxygen atoms in total. The van der Waals surface area contributed by atoms with Crippen molar-refractivity contribution >= 4 is 0 Å². The fraction of sp³-hybridized carbons (Fsp3) is 0. The van der Waals surface area contributed by atoms with Crippen molar-refractivity contribution in [2.24, 2.45) is 5.73 Å². The molecule has 0 unspecified atom stereocenters. The third kappa shape index (κ3) is 3.47. The molecular weight excluding hydrogens is 69.0 g/mol. The second-order valence-electron chi connectivity index (χ2n) is 0.614. The molecule has 0 spiro atoms. The van der Waals surface area contributed by atoms with Gasteiger partial charge in [0, 0.05) is 13.1 Å². The van der Waals surface area contributed by atoms with Crippen LogP contribution in [0.2, 0.25) is 0 Å². The van der Waals surface area contributed by atoms with Crippen LogP contribution >= 0.6 is 0 Å². The smallest absolute Gasteiger partial charge is 0.116 e. The van der Waals surface area contributed by atoms with E-state index in [9.17, 15) is 4.39 Å². The highest BCUT2D eigenvalue weighted by molar-refractivity contribution is 4.89. The molecule has 0 aliphatic heterocycles. The van der Waals surface area contributed by atoms with Gasteiger partial charge in [0.25, 0.3) is 0 Å². The first kappa shape index (κ1) is 4.47. The fourth-order valence-electron chi connectivity index (χ4n) is 0. The lowest BCUT2D eigenvalue weighted by molar-refractivity contribution is 0.662. The summed E-state index contributed by atoms with van der Waals surface area (Å²) in [6.45, 7) is 2.83. The third-order valence-corrected chi connectivity index (χ3v) is 0.181. The lowest BCUT2D eigenvalue weighted by Gasteiger charge is -1.69. The van der Waals surface area contributed by atoms with Crippen LogP contribution in [-0.4, -0.2) is 0 Å². The molecule has 0 saturated carbocycles. The molecule has 29 valence electrons. The van der Waals surface area contributed by atoms with Crippen molar-refractivity contribution in [1.29, 1.82) is 0 Å². The minimum Gasteiger partial charge on any atom is -0.403 e. The fourth-order valence-corrected chi connectivity index (χ4v) is 0.